The number of rotatable bonds is 4. The summed E-state index contributed by atoms with van der Waals surface area (Å²) in [5.41, 5.74) is 0.0878. The quantitative estimate of drug-likeness (QED) is 0.330. The van der Waals surface area contributed by atoms with E-state index >= 15 is 0 Å². The van der Waals surface area contributed by atoms with Crippen LogP contribution in [0, 0.1) is 0 Å². The molecule has 2 heterocycles. The van der Waals surface area contributed by atoms with Crippen molar-refractivity contribution in [2.75, 3.05) is 6.61 Å². The van der Waals surface area contributed by atoms with E-state index in [1.165, 1.54) is 36.4 Å². The first-order valence-electron chi connectivity index (χ1n) is 9.36. The molecule has 0 bridgehead atoms. The molecule has 6 N–H and O–H groups in total. The molecule has 0 unspecified atom stereocenters. The highest BCUT2D eigenvalue weighted by Gasteiger charge is 2.45. The Bertz CT molecular complexity index is 1090. The molecule has 2 aliphatic heterocycles. The van der Waals surface area contributed by atoms with Crippen LogP contribution in [-0.4, -0.2) is 68.0 Å². The van der Waals surface area contributed by atoms with E-state index in [1.807, 2.05) is 0 Å². The monoisotopic (exact) mass is 432 g/mol. The van der Waals surface area contributed by atoms with Gasteiger partial charge in [0.25, 0.3) is 0 Å². The molecule has 0 saturated carbocycles. The molecule has 3 aliphatic rings. The summed E-state index contributed by atoms with van der Waals surface area (Å²) in [5, 5.41) is 59.3. The van der Waals surface area contributed by atoms with E-state index in [0.29, 0.717) is 5.56 Å². The topological polar surface area (TPSA) is 170 Å². The van der Waals surface area contributed by atoms with Crippen molar-refractivity contribution in [3.05, 3.63) is 52.7 Å². The molecule has 5 atom stereocenters. The third-order valence-corrected chi connectivity index (χ3v) is 5.03. The molecule has 0 radical (unpaired) electrons. The zero-order chi connectivity index (χ0) is 22.3. The maximum absolute atomic E-state index is 11.8. The van der Waals surface area contributed by atoms with E-state index in [1.54, 1.807) is 0 Å². The summed E-state index contributed by atoms with van der Waals surface area (Å²) in [6.45, 7) is -0.634. The first-order chi connectivity index (χ1) is 14.8. The lowest BCUT2D eigenvalue weighted by molar-refractivity contribution is -0.277. The molecule has 164 valence electrons. The number of aliphatic hydroxyl groups is 4. The van der Waals surface area contributed by atoms with Crippen LogP contribution in [0.2, 0.25) is 0 Å². The average molecular weight is 432 g/mol. The molecule has 1 saturated heterocycles. The predicted octanol–water partition coefficient (Wildman–Crippen LogP) is 0.00150. The molecule has 1 aromatic carbocycles. The Morgan fingerprint density at radius 3 is 2.32 bits per heavy atom. The van der Waals surface area contributed by atoms with Gasteiger partial charge in [0.15, 0.2) is 16.9 Å². The van der Waals surface area contributed by atoms with Crippen LogP contribution in [-0.2, 0) is 4.74 Å². The molecule has 10 heteroatoms. The predicted molar refractivity (Wildman–Crippen MR) is 105 cm³/mol. The largest absolute Gasteiger partial charge is 0.508 e. The lowest BCUT2D eigenvalue weighted by Crippen LogP contribution is -2.60. The smallest absolute Gasteiger partial charge is 0.229 e. The van der Waals surface area contributed by atoms with Gasteiger partial charge in [-0.2, -0.15) is 0 Å². The van der Waals surface area contributed by atoms with Gasteiger partial charge in [-0.05, 0) is 30.3 Å². The van der Waals surface area contributed by atoms with Crippen molar-refractivity contribution >= 4 is 0 Å². The first kappa shape index (κ1) is 21.1. The number of aliphatic hydroxyl groups excluding tert-OH is 4. The SMILES string of the molecule is O=c1cc2oc(-c3ccc(O)cc3)c(O[C@@H]3O[C@H](CO)[C@H](O)[C@H](O)[C@H]3O)cc-2c(O)c1. The van der Waals surface area contributed by atoms with Crippen LogP contribution < -0.4 is 10.2 Å². The molecule has 31 heavy (non-hydrogen) atoms. The van der Waals surface area contributed by atoms with Crippen molar-refractivity contribution in [3.63, 3.8) is 0 Å². The zero-order valence-electron chi connectivity index (χ0n) is 16.0. The van der Waals surface area contributed by atoms with E-state index in [9.17, 15) is 35.4 Å². The molecular weight excluding hydrogens is 412 g/mol. The number of phenolic OH excluding ortho intramolecular Hbond substituents is 2. The van der Waals surface area contributed by atoms with Gasteiger partial charge in [0, 0.05) is 17.7 Å². The molecule has 0 aromatic heterocycles. The van der Waals surface area contributed by atoms with Crippen LogP contribution >= 0.6 is 0 Å². The zero-order valence-corrected chi connectivity index (χ0v) is 16.0. The molecule has 4 rings (SSSR count). The van der Waals surface area contributed by atoms with Gasteiger partial charge in [-0.3, -0.25) is 4.79 Å². The Balaban J connectivity index is 1.82. The molecule has 1 aromatic rings. The minimum Gasteiger partial charge on any atom is -0.508 e. The normalized spacial score (nSPS) is 26.1. The molecule has 10 nitrogen and oxygen atoms in total. The van der Waals surface area contributed by atoms with Crippen LogP contribution in [0.1, 0.15) is 0 Å². The lowest BCUT2D eigenvalue weighted by Gasteiger charge is -2.39. The van der Waals surface area contributed by atoms with Gasteiger partial charge >= 0.3 is 0 Å². The maximum atomic E-state index is 11.8. The average Bonchev–Trinajstić information content (AvgIpc) is 2.74. The minimum absolute atomic E-state index is 0.000398. The standard InChI is InChI=1S/C21H20O10/c22-8-16-17(26)18(27)19(28)21(31-16)30-15-7-12-13(25)5-11(24)6-14(12)29-20(15)9-1-3-10(23)4-2-9/h1-7,16-19,21-23,25-28H,8H2/t16-,17+,18+,19-,21-/m1/s1. The summed E-state index contributed by atoms with van der Waals surface area (Å²) in [5.74, 6) is -0.247. The summed E-state index contributed by atoms with van der Waals surface area (Å²) < 4.78 is 16.9. The fraction of sp³-hybridized carbons (Fsp3) is 0.286. The van der Waals surface area contributed by atoms with Gasteiger partial charge in [-0.25, -0.2) is 0 Å². The molecule has 0 amide bonds. The van der Waals surface area contributed by atoms with Gasteiger partial charge in [0.05, 0.1) is 12.2 Å². The summed E-state index contributed by atoms with van der Waals surface area (Å²) >= 11 is 0. The number of aromatic hydroxyl groups is 2. The number of ether oxygens (including phenoxy) is 2. The first-order valence-corrected chi connectivity index (χ1v) is 9.36. The molecule has 1 aliphatic carbocycles. The Kier molecular flexibility index (Phi) is 5.56. The number of hydrogen-bond acceptors (Lipinski definition) is 10. The van der Waals surface area contributed by atoms with E-state index in [0.717, 1.165) is 6.07 Å². The van der Waals surface area contributed by atoms with Gasteiger partial charge in [-0.1, -0.05) is 0 Å². The fourth-order valence-corrected chi connectivity index (χ4v) is 3.37. The van der Waals surface area contributed by atoms with Crippen molar-refractivity contribution in [2.24, 2.45) is 0 Å². The molecule has 0 spiro atoms. The summed E-state index contributed by atoms with van der Waals surface area (Å²) in [4.78, 5) is 11.8. The van der Waals surface area contributed by atoms with E-state index in [4.69, 9.17) is 13.9 Å². The van der Waals surface area contributed by atoms with E-state index < -0.39 is 42.7 Å². The minimum atomic E-state index is -1.67. The van der Waals surface area contributed by atoms with Crippen molar-refractivity contribution in [3.8, 4) is 39.9 Å². The Morgan fingerprint density at radius 1 is 0.935 bits per heavy atom. The highest BCUT2D eigenvalue weighted by Crippen LogP contribution is 2.41. The summed E-state index contributed by atoms with van der Waals surface area (Å²) in [6.07, 6.45) is -7.56. The fourth-order valence-electron chi connectivity index (χ4n) is 3.37. The van der Waals surface area contributed by atoms with Crippen molar-refractivity contribution in [1.82, 2.24) is 0 Å². The van der Waals surface area contributed by atoms with Gasteiger partial charge in [-0.15, -0.1) is 0 Å². The number of hydrogen-bond donors (Lipinski definition) is 6. The number of fused-ring (bicyclic) bond motifs is 1. The summed E-state index contributed by atoms with van der Waals surface area (Å²) in [6, 6.07) is 9.36. The third-order valence-electron chi connectivity index (χ3n) is 5.03. The van der Waals surface area contributed by atoms with Crippen LogP contribution in [0.3, 0.4) is 0 Å². The van der Waals surface area contributed by atoms with Gasteiger partial charge < -0.3 is 44.5 Å². The lowest BCUT2D eigenvalue weighted by atomic mass is 9.99. The highest BCUT2D eigenvalue weighted by atomic mass is 16.7. The maximum Gasteiger partial charge on any atom is 0.229 e. The van der Waals surface area contributed by atoms with Gasteiger partial charge in [0.1, 0.15) is 41.7 Å². The van der Waals surface area contributed by atoms with Crippen LogP contribution in [0.15, 0.2) is 51.7 Å². The second kappa shape index (κ2) is 8.17. The molecular formula is C21H20O10. The van der Waals surface area contributed by atoms with Gasteiger partial charge in [0.2, 0.25) is 6.29 Å². The number of phenols is 2. The van der Waals surface area contributed by atoms with Crippen molar-refractivity contribution in [2.45, 2.75) is 30.7 Å². The van der Waals surface area contributed by atoms with Crippen LogP contribution in [0.4, 0.5) is 0 Å². The highest BCUT2D eigenvalue weighted by molar-refractivity contribution is 5.75. The Hall–Kier alpha value is -3.15. The second-order valence-corrected chi connectivity index (χ2v) is 7.16. The Morgan fingerprint density at radius 2 is 1.65 bits per heavy atom. The van der Waals surface area contributed by atoms with Crippen molar-refractivity contribution < 1.29 is 44.5 Å². The van der Waals surface area contributed by atoms with Crippen LogP contribution in [0.25, 0.3) is 22.6 Å². The second-order valence-electron chi connectivity index (χ2n) is 7.16. The number of benzene rings is 2. The molecule has 1 fully saturated rings. The van der Waals surface area contributed by atoms with Crippen LogP contribution in [0.5, 0.6) is 17.2 Å². The van der Waals surface area contributed by atoms with Crippen molar-refractivity contribution in [1.29, 1.82) is 0 Å². The Labute approximate surface area is 175 Å². The summed E-state index contributed by atoms with van der Waals surface area (Å²) in [7, 11) is 0. The van der Waals surface area contributed by atoms with E-state index in [-0.39, 0.29) is 34.3 Å². The van der Waals surface area contributed by atoms with E-state index in [2.05, 4.69) is 0 Å². The third kappa shape index (κ3) is 3.94.